The number of hydrogen-bond acceptors (Lipinski definition) is 3. The number of benzene rings is 2. The molecule has 2 aromatic carbocycles. The van der Waals surface area contributed by atoms with Crippen molar-refractivity contribution in [3.8, 4) is 0 Å². The molecular formula is C18H15NO3S. The molecule has 1 aliphatic heterocycles. The summed E-state index contributed by atoms with van der Waals surface area (Å²) in [7, 11) is 0. The van der Waals surface area contributed by atoms with Gasteiger partial charge in [0, 0.05) is 4.90 Å². The van der Waals surface area contributed by atoms with Gasteiger partial charge >= 0.3 is 5.97 Å². The maximum absolute atomic E-state index is 12.7. The van der Waals surface area contributed by atoms with Gasteiger partial charge in [-0.3, -0.25) is 14.5 Å². The molecule has 23 heavy (non-hydrogen) atoms. The van der Waals surface area contributed by atoms with E-state index in [9.17, 15) is 9.59 Å². The van der Waals surface area contributed by atoms with Gasteiger partial charge in [-0.1, -0.05) is 48.2 Å². The largest absolute Gasteiger partial charge is 0.480 e. The fourth-order valence-electron chi connectivity index (χ4n) is 2.44. The zero-order chi connectivity index (χ0) is 16.4. The highest BCUT2D eigenvalue weighted by molar-refractivity contribution is 8.04. The van der Waals surface area contributed by atoms with Crippen molar-refractivity contribution < 1.29 is 14.7 Å². The van der Waals surface area contributed by atoms with Crippen molar-refractivity contribution in [2.24, 2.45) is 0 Å². The fourth-order valence-corrected chi connectivity index (χ4v) is 3.49. The third kappa shape index (κ3) is 3.14. The van der Waals surface area contributed by atoms with Crippen molar-refractivity contribution >= 4 is 35.4 Å². The first-order valence-electron chi connectivity index (χ1n) is 7.14. The molecule has 0 saturated heterocycles. The number of para-hydroxylation sites is 1. The van der Waals surface area contributed by atoms with Crippen LogP contribution in [0.2, 0.25) is 0 Å². The van der Waals surface area contributed by atoms with Gasteiger partial charge in [-0.2, -0.15) is 0 Å². The van der Waals surface area contributed by atoms with Gasteiger partial charge in [0.25, 0.3) is 5.91 Å². The van der Waals surface area contributed by atoms with E-state index in [4.69, 9.17) is 5.11 Å². The summed E-state index contributed by atoms with van der Waals surface area (Å²) in [5, 5.41) is 9.11. The zero-order valence-electron chi connectivity index (χ0n) is 12.5. The summed E-state index contributed by atoms with van der Waals surface area (Å²) in [6, 6.07) is 15.1. The van der Waals surface area contributed by atoms with Crippen molar-refractivity contribution in [2.45, 2.75) is 11.8 Å². The highest BCUT2D eigenvalue weighted by atomic mass is 32.2. The monoisotopic (exact) mass is 325 g/mol. The normalized spacial score (nSPS) is 15.6. The van der Waals surface area contributed by atoms with E-state index < -0.39 is 5.97 Å². The average molecular weight is 325 g/mol. The van der Waals surface area contributed by atoms with E-state index in [0.29, 0.717) is 10.6 Å². The molecule has 0 aliphatic carbocycles. The minimum absolute atomic E-state index is 0.278. The van der Waals surface area contributed by atoms with Gasteiger partial charge in [0.15, 0.2) is 0 Å². The van der Waals surface area contributed by atoms with Crippen LogP contribution in [0.5, 0.6) is 0 Å². The van der Waals surface area contributed by atoms with Gasteiger partial charge in [-0.25, -0.2) is 0 Å². The van der Waals surface area contributed by atoms with Crippen LogP contribution in [0.1, 0.15) is 11.1 Å². The lowest BCUT2D eigenvalue weighted by Gasteiger charge is -2.29. The number of fused-ring (bicyclic) bond motifs is 1. The van der Waals surface area contributed by atoms with Crippen molar-refractivity contribution in [3.05, 3.63) is 64.6 Å². The molecule has 116 valence electrons. The highest BCUT2D eigenvalue weighted by Gasteiger charge is 2.30. The Balaban J connectivity index is 2.06. The lowest BCUT2D eigenvalue weighted by Crippen LogP contribution is -2.38. The minimum atomic E-state index is -1.03. The van der Waals surface area contributed by atoms with Crippen LogP contribution in [0, 0.1) is 6.92 Å². The van der Waals surface area contributed by atoms with Gasteiger partial charge in [0.1, 0.15) is 6.54 Å². The summed E-state index contributed by atoms with van der Waals surface area (Å²) in [4.78, 5) is 26.6. The van der Waals surface area contributed by atoms with E-state index in [1.54, 1.807) is 12.1 Å². The molecule has 0 fully saturated rings. The third-order valence-corrected chi connectivity index (χ3v) is 4.68. The zero-order valence-corrected chi connectivity index (χ0v) is 13.3. The molecule has 0 atom stereocenters. The number of carboxylic acid groups (broad SMARTS) is 1. The van der Waals surface area contributed by atoms with Gasteiger partial charge < -0.3 is 5.11 Å². The molecule has 1 aliphatic rings. The molecule has 1 heterocycles. The van der Waals surface area contributed by atoms with E-state index >= 15 is 0 Å². The van der Waals surface area contributed by atoms with Gasteiger partial charge in [0.2, 0.25) is 0 Å². The third-order valence-electron chi connectivity index (χ3n) is 3.60. The molecule has 0 aromatic heterocycles. The Morgan fingerprint density at radius 3 is 2.61 bits per heavy atom. The van der Waals surface area contributed by atoms with E-state index in [1.807, 2.05) is 49.4 Å². The summed E-state index contributed by atoms with van der Waals surface area (Å²) >= 11 is 1.38. The van der Waals surface area contributed by atoms with E-state index in [0.717, 1.165) is 16.0 Å². The smallest absolute Gasteiger partial charge is 0.323 e. The Kier molecular flexibility index (Phi) is 4.21. The number of amides is 1. The SMILES string of the molecule is Cc1ccccc1/C=C1\Sc2ccccc2N(CC(=O)O)C1=O. The summed E-state index contributed by atoms with van der Waals surface area (Å²) in [6.45, 7) is 1.63. The quantitative estimate of drug-likeness (QED) is 0.877. The lowest BCUT2D eigenvalue weighted by molar-refractivity contribution is -0.136. The van der Waals surface area contributed by atoms with Crippen LogP contribution in [-0.4, -0.2) is 23.5 Å². The molecule has 0 spiro atoms. The predicted molar refractivity (Wildman–Crippen MR) is 91.4 cm³/mol. The minimum Gasteiger partial charge on any atom is -0.480 e. The number of anilines is 1. The van der Waals surface area contributed by atoms with Crippen LogP contribution in [0.25, 0.3) is 6.08 Å². The van der Waals surface area contributed by atoms with Crippen LogP contribution >= 0.6 is 11.8 Å². The van der Waals surface area contributed by atoms with Crippen molar-refractivity contribution in [2.75, 3.05) is 11.4 Å². The predicted octanol–water partition coefficient (Wildman–Crippen LogP) is 3.56. The van der Waals surface area contributed by atoms with Gasteiger partial charge in [-0.15, -0.1) is 0 Å². The van der Waals surface area contributed by atoms with Crippen LogP contribution in [0.15, 0.2) is 58.3 Å². The maximum Gasteiger partial charge on any atom is 0.323 e. The Labute approximate surface area is 138 Å². The number of carbonyl (C=O) groups excluding carboxylic acids is 1. The number of hydrogen-bond donors (Lipinski definition) is 1. The first kappa shape index (κ1) is 15.4. The lowest BCUT2D eigenvalue weighted by atomic mass is 10.1. The number of rotatable bonds is 3. The molecule has 2 aromatic rings. The number of carbonyl (C=O) groups is 2. The van der Waals surface area contributed by atoms with E-state index in [-0.39, 0.29) is 12.5 Å². The molecule has 0 bridgehead atoms. The first-order chi connectivity index (χ1) is 11.1. The van der Waals surface area contributed by atoms with Crippen molar-refractivity contribution in [3.63, 3.8) is 0 Å². The van der Waals surface area contributed by atoms with Gasteiger partial charge in [0.05, 0.1) is 10.6 Å². The summed E-state index contributed by atoms with van der Waals surface area (Å²) in [6.07, 6.45) is 1.83. The second-order valence-corrected chi connectivity index (χ2v) is 6.30. The highest BCUT2D eigenvalue weighted by Crippen LogP contribution is 2.42. The second kappa shape index (κ2) is 6.30. The summed E-state index contributed by atoms with van der Waals surface area (Å²) in [5.74, 6) is -1.31. The number of aryl methyl sites for hydroxylation is 1. The van der Waals surface area contributed by atoms with Crippen molar-refractivity contribution in [1.82, 2.24) is 0 Å². The Morgan fingerprint density at radius 1 is 1.17 bits per heavy atom. The second-order valence-electron chi connectivity index (χ2n) is 5.22. The number of thioether (sulfide) groups is 1. The standard InChI is InChI=1S/C18H15NO3S/c1-12-6-2-3-7-13(12)10-16-18(22)19(11-17(20)21)14-8-4-5-9-15(14)23-16/h2-10H,11H2,1H3,(H,20,21)/b16-10-. The fraction of sp³-hybridized carbons (Fsp3) is 0.111. The van der Waals surface area contributed by atoms with Crippen LogP contribution < -0.4 is 4.90 Å². The molecule has 5 heteroatoms. The maximum atomic E-state index is 12.7. The van der Waals surface area contributed by atoms with E-state index in [2.05, 4.69) is 0 Å². The molecule has 0 saturated carbocycles. The molecule has 1 amide bonds. The Hall–Kier alpha value is -2.53. The number of aliphatic carboxylic acids is 1. The molecule has 0 radical (unpaired) electrons. The Morgan fingerprint density at radius 2 is 1.87 bits per heavy atom. The Bertz CT molecular complexity index is 813. The number of carboxylic acids is 1. The van der Waals surface area contributed by atoms with Crippen LogP contribution in [0.3, 0.4) is 0 Å². The van der Waals surface area contributed by atoms with E-state index in [1.165, 1.54) is 16.7 Å². The summed E-state index contributed by atoms with van der Waals surface area (Å²) in [5.41, 5.74) is 2.67. The molecular weight excluding hydrogens is 310 g/mol. The molecule has 0 unspecified atom stereocenters. The first-order valence-corrected chi connectivity index (χ1v) is 7.96. The summed E-state index contributed by atoms with van der Waals surface area (Å²) < 4.78 is 0. The number of nitrogens with zero attached hydrogens (tertiary/aromatic N) is 1. The van der Waals surface area contributed by atoms with Crippen molar-refractivity contribution in [1.29, 1.82) is 0 Å². The molecule has 4 nitrogen and oxygen atoms in total. The van der Waals surface area contributed by atoms with Crippen LogP contribution in [0.4, 0.5) is 5.69 Å². The average Bonchev–Trinajstić information content (AvgIpc) is 2.53. The molecule has 1 N–H and O–H groups in total. The van der Waals surface area contributed by atoms with Gasteiger partial charge in [-0.05, 0) is 36.3 Å². The topological polar surface area (TPSA) is 57.6 Å². The molecule has 3 rings (SSSR count). The van der Waals surface area contributed by atoms with Crippen LogP contribution in [-0.2, 0) is 9.59 Å².